The first kappa shape index (κ1) is 45.2. The van der Waals surface area contributed by atoms with Crippen molar-refractivity contribution in [2.75, 3.05) is 18.0 Å². The summed E-state index contributed by atoms with van der Waals surface area (Å²) in [5.41, 5.74) is 9.18. The van der Waals surface area contributed by atoms with E-state index in [1.807, 2.05) is 0 Å². The molecule has 10 heteroatoms. The van der Waals surface area contributed by atoms with E-state index in [0.717, 1.165) is 47.8 Å². The molecule has 0 unspecified atom stereocenters. The van der Waals surface area contributed by atoms with Crippen LogP contribution in [0.25, 0.3) is 21.5 Å². The van der Waals surface area contributed by atoms with E-state index in [0.29, 0.717) is 13.1 Å². The number of hydrogen-bond acceptors (Lipinski definition) is 5. The minimum atomic E-state index is -0.848. The van der Waals surface area contributed by atoms with E-state index in [2.05, 4.69) is 165 Å². The molecular formula is C48H51N4O2S2Y2-. The number of benzene rings is 4. The van der Waals surface area contributed by atoms with Crippen molar-refractivity contribution in [3.63, 3.8) is 0 Å². The number of nitrogens with zero attached hydrogens (tertiary/aromatic N) is 2. The number of amides is 2. The molecule has 2 N–H and O–H groups in total. The van der Waals surface area contributed by atoms with E-state index in [1.54, 1.807) is 0 Å². The first-order valence-corrected chi connectivity index (χ1v) is 22.3. The van der Waals surface area contributed by atoms with Crippen LogP contribution in [0.3, 0.4) is 0 Å². The van der Waals surface area contributed by atoms with Gasteiger partial charge in [0.25, 0.3) is 0 Å². The maximum Gasteiger partial charge on any atom is 0.231 e. The van der Waals surface area contributed by atoms with Gasteiger partial charge in [0.05, 0.1) is 11.8 Å². The van der Waals surface area contributed by atoms with Crippen LogP contribution in [0.15, 0.2) is 96.8 Å². The quantitative estimate of drug-likeness (QED) is 0.0924. The molecule has 0 aliphatic carbocycles. The largest absolute Gasteiger partial charge is 0.352 e. The number of fused-ring (bicyclic) bond motifs is 9. The maximum atomic E-state index is 13.7. The van der Waals surface area contributed by atoms with Gasteiger partial charge in [0, 0.05) is 101 Å². The first-order valence-electron chi connectivity index (χ1n) is 20.2. The molecule has 8 rings (SSSR count). The van der Waals surface area contributed by atoms with Crippen LogP contribution in [-0.4, -0.2) is 39.5 Å². The number of anilines is 1. The van der Waals surface area contributed by atoms with Crippen LogP contribution in [-0.2, 0) is 85.8 Å². The van der Waals surface area contributed by atoms with Crippen molar-refractivity contribution in [3.05, 3.63) is 131 Å². The third kappa shape index (κ3) is 7.97. The van der Waals surface area contributed by atoms with Gasteiger partial charge in [-0.3, -0.25) is 9.59 Å². The molecule has 2 radical (unpaired) electrons. The molecule has 0 bridgehead atoms. The topological polar surface area (TPSA) is 64.5 Å². The Bertz CT molecular complexity index is 2420. The Balaban J connectivity index is 0.00000283. The van der Waals surface area contributed by atoms with Gasteiger partial charge >= 0.3 is 0 Å². The Morgan fingerprint density at radius 3 is 1.91 bits per heavy atom. The summed E-state index contributed by atoms with van der Waals surface area (Å²) in [5.74, 6) is -0.179. The van der Waals surface area contributed by atoms with Gasteiger partial charge in [-0.25, -0.2) is 4.58 Å². The van der Waals surface area contributed by atoms with Gasteiger partial charge in [0.15, 0.2) is 17.9 Å². The number of nitrogens with one attached hydrogen (secondary N) is 2. The minimum Gasteiger partial charge on any atom is -0.352 e. The number of aryl methyl sites for hydroxylation is 2. The molecule has 6 nitrogen and oxygen atoms in total. The van der Waals surface area contributed by atoms with Crippen molar-refractivity contribution in [2.24, 2.45) is 0 Å². The van der Waals surface area contributed by atoms with Crippen molar-refractivity contribution in [1.82, 2.24) is 10.6 Å². The fourth-order valence-corrected chi connectivity index (χ4v) is 11.1. The summed E-state index contributed by atoms with van der Waals surface area (Å²) in [6, 6.07) is 24.8. The van der Waals surface area contributed by atoms with Crippen molar-refractivity contribution in [1.29, 1.82) is 0 Å². The fraction of sp³-hybridized carbons (Fsp3) is 0.354. The second-order valence-electron chi connectivity index (χ2n) is 15.5. The summed E-state index contributed by atoms with van der Waals surface area (Å²) in [6.45, 7) is 14.4. The third-order valence-corrected chi connectivity index (χ3v) is 14.9. The molecule has 0 saturated carbocycles. The standard InChI is InChI=1S/C48H51N4O2S2.2Y/c1-7-46(8-2)40-16-14-12-11-13-15-17-41-47(9-3,10-4)45-37-23-19-33(6)31-35(37)21-25-39(45)52(41)29-27-43(54)50-48(55-56-48)49-42(53)26-28-51(40)38-24-20-34-30-32(5)18-22-36(34)44(38)46;;/h11-21,24-25,30-31H,7-10,26-29H2,1-6H3,(H,49,53)(H,50,54);;/q-1;;. The minimum absolute atomic E-state index is 0. The van der Waals surface area contributed by atoms with E-state index in [9.17, 15) is 9.59 Å². The van der Waals surface area contributed by atoms with E-state index in [1.165, 1.54) is 66.0 Å². The molecule has 1 spiro atoms. The van der Waals surface area contributed by atoms with Crippen LogP contribution in [0, 0.1) is 26.0 Å². The zero-order valence-corrected chi connectivity index (χ0v) is 41.8. The Labute approximate surface area is 402 Å². The summed E-state index contributed by atoms with van der Waals surface area (Å²) in [7, 11) is 2.97. The molecule has 0 aromatic heterocycles. The molecule has 1 saturated heterocycles. The maximum absolute atomic E-state index is 13.7. The number of allylic oxidation sites excluding steroid dienone is 8. The Kier molecular flexibility index (Phi) is 14.3. The molecule has 4 aromatic rings. The number of carbonyl (C=O) groups is 2. The van der Waals surface area contributed by atoms with E-state index in [4.69, 9.17) is 0 Å². The molecule has 4 aliphatic heterocycles. The van der Waals surface area contributed by atoms with E-state index < -0.39 is 4.33 Å². The van der Waals surface area contributed by atoms with E-state index in [-0.39, 0.29) is 101 Å². The average molecular weight is 958 g/mol. The van der Waals surface area contributed by atoms with Gasteiger partial charge in [-0.2, -0.15) is 0 Å². The van der Waals surface area contributed by atoms with Crippen molar-refractivity contribution < 1.29 is 79.6 Å². The van der Waals surface area contributed by atoms with Crippen LogP contribution in [0.1, 0.15) is 88.5 Å². The summed E-state index contributed by atoms with van der Waals surface area (Å²) >= 11 is 0. The van der Waals surface area contributed by atoms with Crippen LogP contribution >= 0.6 is 21.6 Å². The zero-order valence-electron chi connectivity index (χ0n) is 34.5. The average Bonchev–Trinajstić information content (AvgIpc) is 3.80. The molecular weight excluding hydrogens is 906 g/mol. The number of hydrogen-bond donors (Lipinski definition) is 2. The van der Waals surface area contributed by atoms with Gasteiger partial charge in [-0.05, 0) is 65.0 Å². The summed E-state index contributed by atoms with van der Waals surface area (Å²) in [6.07, 6.45) is 19.3. The van der Waals surface area contributed by atoms with Gasteiger partial charge in [-0.15, -0.1) is 69.1 Å². The Morgan fingerprint density at radius 2 is 1.29 bits per heavy atom. The molecule has 4 aromatic carbocycles. The second kappa shape index (κ2) is 18.3. The zero-order chi connectivity index (χ0) is 39.2. The number of carbonyl (C=O) groups excluding carboxylic acids is 2. The molecule has 0 atom stereocenters. The predicted molar refractivity (Wildman–Crippen MR) is 236 cm³/mol. The molecule has 1 fully saturated rings. The van der Waals surface area contributed by atoms with Gasteiger partial charge in [-0.1, -0.05) is 95.7 Å². The molecule has 4 heterocycles. The van der Waals surface area contributed by atoms with Crippen LogP contribution < -0.4 is 15.5 Å². The molecule has 294 valence electrons. The number of rotatable bonds is 4. The van der Waals surface area contributed by atoms with Crippen LogP contribution in [0.5, 0.6) is 0 Å². The SMILES string of the molecule is CCC1(CC)C2=[N+](CCC(=O)NC3(NC(=O)CCN4/C(=C/C=C/C=C/C=C/2)C(CC)(CC)c2c4ccc4cc(C)c[c-]c24)SS3)c2ccc3cc(C)c[c-]c3c21.[Y].[Y]. The third-order valence-electron chi connectivity index (χ3n) is 12.5. The Hall–Kier alpha value is -2.32. The second-order valence-corrected chi connectivity index (χ2v) is 18.3. The molecule has 58 heavy (non-hydrogen) atoms. The summed E-state index contributed by atoms with van der Waals surface area (Å²) in [5, 5.41) is 11.0. The predicted octanol–water partition coefficient (Wildman–Crippen LogP) is 10.5. The van der Waals surface area contributed by atoms with Gasteiger partial charge < -0.3 is 15.5 Å². The van der Waals surface area contributed by atoms with Crippen molar-refractivity contribution in [3.8, 4) is 0 Å². The molecule has 2 amide bonds. The first-order chi connectivity index (χ1) is 27.1. The fourth-order valence-electron chi connectivity index (χ4n) is 9.64. The van der Waals surface area contributed by atoms with Crippen molar-refractivity contribution >= 4 is 72.0 Å². The van der Waals surface area contributed by atoms with Crippen molar-refractivity contribution in [2.45, 2.75) is 95.2 Å². The monoisotopic (exact) mass is 957 g/mol. The summed E-state index contributed by atoms with van der Waals surface area (Å²) < 4.78 is 1.50. The van der Waals surface area contributed by atoms with E-state index >= 15 is 0 Å². The van der Waals surface area contributed by atoms with Crippen LogP contribution in [0.2, 0.25) is 0 Å². The van der Waals surface area contributed by atoms with Gasteiger partial charge in [0.1, 0.15) is 0 Å². The normalized spacial score (nSPS) is 21.9. The van der Waals surface area contributed by atoms with Gasteiger partial charge in [0.2, 0.25) is 16.1 Å². The Morgan fingerprint density at radius 1 is 0.724 bits per heavy atom. The summed E-state index contributed by atoms with van der Waals surface area (Å²) in [4.78, 5) is 29.8. The van der Waals surface area contributed by atoms with Crippen LogP contribution in [0.4, 0.5) is 11.4 Å². The smallest absolute Gasteiger partial charge is 0.231 e. The molecule has 4 aliphatic rings.